The molecular formula is C22H13ClFN5O4. The summed E-state index contributed by atoms with van der Waals surface area (Å²) in [6.45, 7) is 1.49. The molecule has 0 aromatic heterocycles. The standard InChI is InChI=1S/C22H13ClFN5O4/c1-12-21(11-27)19(28)33-22(12,13-2-4-14(24)5-3-13)32-18(20(21,9-25)10-26)16-8-15(29(30)31)6-7-17(16)23/h2-8,12,18,28H,1H3. The largest absolute Gasteiger partial charge is 0.443 e. The van der Waals surface area contributed by atoms with Crippen LogP contribution in [0, 0.1) is 72.1 Å². The number of nitro groups is 1. The van der Waals surface area contributed by atoms with E-state index in [4.69, 9.17) is 26.5 Å². The average Bonchev–Trinajstić information content (AvgIpc) is 2.96. The Hall–Kier alpha value is -4.04. The van der Waals surface area contributed by atoms with Gasteiger partial charge in [0.05, 0.1) is 29.0 Å². The third-order valence-electron chi connectivity index (χ3n) is 6.39. The highest BCUT2D eigenvalue weighted by Crippen LogP contribution is 2.69. The highest BCUT2D eigenvalue weighted by molar-refractivity contribution is 6.31. The Morgan fingerprint density at radius 1 is 1.15 bits per heavy atom. The zero-order valence-corrected chi connectivity index (χ0v) is 17.6. The van der Waals surface area contributed by atoms with E-state index in [-0.39, 0.29) is 21.8 Å². The van der Waals surface area contributed by atoms with Crippen molar-refractivity contribution in [2.75, 3.05) is 0 Å². The highest BCUT2D eigenvalue weighted by atomic mass is 35.5. The third kappa shape index (κ3) is 2.61. The minimum absolute atomic E-state index is 0.0525. The molecule has 0 amide bonds. The first-order valence-corrected chi connectivity index (χ1v) is 9.91. The number of rotatable bonds is 3. The normalized spacial score (nSPS) is 29.3. The van der Waals surface area contributed by atoms with Crippen molar-refractivity contribution in [3.05, 3.63) is 74.5 Å². The molecule has 0 saturated carbocycles. The molecule has 33 heavy (non-hydrogen) atoms. The van der Waals surface area contributed by atoms with Crippen molar-refractivity contribution < 1.29 is 18.8 Å². The molecule has 2 saturated heterocycles. The zero-order chi connectivity index (χ0) is 24.2. The summed E-state index contributed by atoms with van der Waals surface area (Å²) in [6.07, 6.45) is -1.62. The van der Waals surface area contributed by atoms with Crippen molar-refractivity contribution in [1.82, 2.24) is 0 Å². The molecule has 4 rings (SSSR count). The number of nitro benzene ring substituents is 1. The van der Waals surface area contributed by atoms with Crippen molar-refractivity contribution in [2.24, 2.45) is 16.7 Å². The minimum atomic E-state index is -2.35. The number of nitriles is 3. The van der Waals surface area contributed by atoms with Gasteiger partial charge in [-0.1, -0.05) is 18.5 Å². The molecule has 2 aromatic rings. The fourth-order valence-electron chi connectivity index (χ4n) is 4.68. The first kappa shape index (κ1) is 22.2. The first-order chi connectivity index (χ1) is 15.6. The highest BCUT2D eigenvalue weighted by Gasteiger charge is 2.80. The van der Waals surface area contributed by atoms with Gasteiger partial charge in [0.2, 0.25) is 17.1 Å². The van der Waals surface area contributed by atoms with Crippen molar-refractivity contribution in [3.8, 4) is 18.2 Å². The van der Waals surface area contributed by atoms with Crippen molar-refractivity contribution in [3.63, 3.8) is 0 Å². The van der Waals surface area contributed by atoms with Crippen molar-refractivity contribution in [2.45, 2.75) is 18.8 Å². The van der Waals surface area contributed by atoms with Gasteiger partial charge >= 0.3 is 0 Å². The van der Waals surface area contributed by atoms with Crippen LogP contribution < -0.4 is 0 Å². The van der Waals surface area contributed by atoms with Crippen LogP contribution in [0.5, 0.6) is 0 Å². The smallest absolute Gasteiger partial charge is 0.269 e. The summed E-state index contributed by atoms with van der Waals surface area (Å²) in [6, 6.07) is 13.9. The minimum Gasteiger partial charge on any atom is -0.443 e. The Balaban J connectivity index is 2.07. The van der Waals surface area contributed by atoms with Crippen LogP contribution in [-0.2, 0) is 15.3 Å². The van der Waals surface area contributed by atoms with E-state index < -0.39 is 45.3 Å². The molecule has 1 N–H and O–H groups in total. The monoisotopic (exact) mass is 465 g/mol. The fraction of sp³-hybridized carbons (Fsp3) is 0.273. The summed E-state index contributed by atoms with van der Waals surface area (Å²) < 4.78 is 25.6. The summed E-state index contributed by atoms with van der Waals surface area (Å²) in [7, 11) is 0. The molecule has 0 aliphatic carbocycles. The van der Waals surface area contributed by atoms with Crippen LogP contribution in [0.4, 0.5) is 10.1 Å². The second kappa shape index (κ2) is 7.25. The van der Waals surface area contributed by atoms with Gasteiger partial charge in [-0.2, -0.15) is 15.8 Å². The molecule has 2 bridgehead atoms. The van der Waals surface area contributed by atoms with Gasteiger partial charge in [-0.25, -0.2) is 4.39 Å². The molecule has 2 aliphatic heterocycles. The lowest BCUT2D eigenvalue weighted by Gasteiger charge is -2.48. The van der Waals surface area contributed by atoms with Gasteiger partial charge < -0.3 is 9.47 Å². The van der Waals surface area contributed by atoms with E-state index in [0.717, 1.165) is 24.3 Å². The van der Waals surface area contributed by atoms with E-state index in [1.165, 1.54) is 25.1 Å². The lowest BCUT2D eigenvalue weighted by molar-refractivity contribution is -0.385. The van der Waals surface area contributed by atoms with E-state index in [2.05, 4.69) is 0 Å². The summed E-state index contributed by atoms with van der Waals surface area (Å²) in [5, 5.41) is 50.5. The van der Waals surface area contributed by atoms with Gasteiger partial charge in [0.15, 0.2) is 5.41 Å². The Labute approximate surface area is 191 Å². The molecule has 2 heterocycles. The summed E-state index contributed by atoms with van der Waals surface area (Å²) in [5.74, 6) is -4.16. The third-order valence-corrected chi connectivity index (χ3v) is 6.73. The molecule has 2 aromatic carbocycles. The Bertz CT molecular complexity index is 1310. The van der Waals surface area contributed by atoms with Crippen LogP contribution in [0.2, 0.25) is 5.02 Å². The fourth-order valence-corrected chi connectivity index (χ4v) is 4.89. The average molecular weight is 466 g/mol. The van der Waals surface area contributed by atoms with E-state index in [1.54, 1.807) is 0 Å². The maximum atomic E-state index is 13.6. The van der Waals surface area contributed by atoms with Crippen LogP contribution in [0.3, 0.4) is 0 Å². The second-order valence-corrected chi connectivity index (χ2v) is 8.15. The summed E-state index contributed by atoms with van der Waals surface area (Å²) in [5.41, 5.74) is -4.72. The second-order valence-electron chi connectivity index (χ2n) is 7.74. The van der Waals surface area contributed by atoms with Gasteiger partial charge in [-0.3, -0.25) is 15.5 Å². The number of hydrogen-bond donors (Lipinski definition) is 1. The van der Waals surface area contributed by atoms with Crippen molar-refractivity contribution in [1.29, 1.82) is 21.2 Å². The molecule has 2 aliphatic rings. The van der Waals surface area contributed by atoms with E-state index >= 15 is 0 Å². The van der Waals surface area contributed by atoms with Gasteiger partial charge in [-0.05, 0) is 30.3 Å². The number of halogens is 2. The number of benzene rings is 2. The number of non-ortho nitro benzene ring substituents is 1. The molecule has 2 fully saturated rings. The van der Waals surface area contributed by atoms with Crippen LogP contribution in [0.15, 0.2) is 42.5 Å². The maximum absolute atomic E-state index is 13.6. The van der Waals surface area contributed by atoms with Gasteiger partial charge in [0.25, 0.3) is 5.69 Å². The van der Waals surface area contributed by atoms with Crippen LogP contribution in [0.25, 0.3) is 0 Å². The maximum Gasteiger partial charge on any atom is 0.269 e. The Kier molecular flexibility index (Phi) is 4.87. The SMILES string of the molecule is CC1C2(c3ccc(F)cc3)OC(=N)C1(C#N)C(C#N)(C#N)C(c1cc([N+](=O)[O-])ccc1Cl)O2. The quantitative estimate of drug-likeness (QED) is 0.516. The predicted octanol–water partition coefficient (Wildman–Crippen LogP) is 4.50. The van der Waals surface area contributed by atoms with E-state index in [9.17, 15) is 30.3 Å². The predicted molar refractivity (Wildman–Crippen MR) is 110 cm³/mol. The molecule has 0 radical (unpaired) electrons. The Morgan fingerprint density at radius 2 is 1.79 bits per heavy atom. The number of nitrogens with zero attached hydrogens (tertiary/aromatic N) is 4. The molecular weight excluding hydrogens is 453 g/mol. The van der Waals surface area contributed by atoms with E-state index in [0.29, 0.717) is 0 Å². The molecule has 4 unspecified atom stereocenters. The van der Waals surface area contributed by atoms with Crippen LogP contribution >= 0.6 is 11.6 Å². The van der Waals surface area contributed by atoms with Crippen molar-refractivity contribution >= 4 is 23.2 Å². The zero-order valence-electron chi connectivity index (χ0n) is 16.9. The van der Waals surface area contributed by atoms with Gasteiger partial charge in [0.1, 0.15) is 11.9 Å². The topological polar surface area (TPSA) is 157 Å². The molecule has 9 nitrogen and oxygen atoms in total. The summed E-state index contributed by atoms with van der Waals surface area (Å²) >= 11 is 6.32. The number of fused-ring (bicyclic) bond motifs is 2. The number of hydrogen-bond acceptors (Lipinski definition) is 8. The Morgan fingerprint density at radius 3 is 2.33 bits per heavy atom. The van der Waals surface area contributed by atoms with Gasteiger partial charge in [-0.15, -0.1) is 0 Å². The molecule has 11 heteroatoms. The first-order valence-electron chi connectivity index (χ1n) is 9.53. The molecule has 4 atom stereocenters. The lowest BCUT2D eigenvalue weighted by Crippen LogP contribution is -2.57. The van der Waals surface area contributed by atoms with Crippen LogP contribution in [0.1, 0.15) is 24.2 Å². The number of nitrogens with one attached hydrogen (secondary N) is 1. The molecule has 0 spiro atoms. The summed E-state index contributed by atoms with van der Waals surface area (Å²) in [4.78, 5) is 10.7. The van der Waals surface area contributed by atoms with Crippen LogP contribution in [-0.4, -0.2) is 10.8 Å². The van der Waals surface area contributed by atoms with Gasteiger partial charge in [0, 0.05) is 28.3 Å². The van der Waals surface area contributed by atoms with E-state index in [1.807, 2.05) is 18.2 Å². The number of ether oxygens (including phenoxy) is 2. The molecule has 164 valence electrons. The lowest BCUT2D eigenvalue weighted by atomic mass is 9.53.